The first-order valence-corrected chi connectivity index (χ1v) is 8.38. The Kier molecular flexibility index (Phi) is 6.75. The third kappa shape index (κ3) is 4.80. The molecule has 2 aromatic rings. The minimum Gasteiger partial charge on any atom is -0.467 e. The molecule has 1 amide bonds. The Bertz CT molecular complexity index is 895. The smallest absolute Gasteiger partial charge is 0.416 e. The fourth-order valence-corrected chi connectivity index (χ4v) is 3.05. The normalized spacial score (nSPS) is 14.5. The molecule has 0 radical (unpaired) electrons. The molecule has 1 aromatic heterocycles. The van der Waals surface area contributed by atoms with Crippen LogP contribution < -0.4 is 10.6 Å². The number of piperazine rings is 1. The Hall–Kier alpha value is -2.79. The van der Waals surface area contributed by atoms with Crippen LogP contribution in [0.2, 0.25) is 0 Å². The maximum Gasteiger partial charge on any atom is 0.416 e. The largest absolute Gasteiger partial charge is 0.467 e. The number of rotatable bonds is 4. The van der Waals surface area contributed by atoms with E-state index >= 15 is 0 Å². The first-order chi connectivity index (χ1) is 13.2. The Balaban J connectivity index is 0.00000300. The van der Waals surface area contributed by atoms with Crippen LogP contribution in [0.25, 0.3) is 0 Å². The highest BCUT2D eigenvalue weighted by atomic mass is 35.5. The van der Waals surface area contributed by atoms with Gasteiger partial charge in [0.25, 0.3) is 11.6 Å². The summed E-state index contributed by atoms with van der Waals surface area (Å²) < 4.78 is 43.7. The first kappa shape index (κ1) is 22.5. The van der Waals surface area contributed by atoms with Gasteiger partial charge in [-0.1, -0.05) is 0 Å². The van der Waals surface area contributed by atoms with Crippen LogP contribution in [-0.4, -0.2) is 41.9 Å². The summed E-state index contributed by atoms with van der Waals surface area (Å²) >= 11 is 0. The number of hydrogen-bond acceptors (Lipinski definition) is 6. The molecular formula is C17H18ClF3N4O4. The van der Waals surface area contributed by atoms with Gasteiger partial charge in [0.2, 0.25) is 0 Å². The predicted octanol–water partition coefficient (Wildman–Crippen LogP) is 3.05. The van der Waals surface area contributed by atoms with E-state index in [0.717, 1.165) is 12.1 Å². The van der Waals surface area contributed by atoms with Crippen LogP contribution in [0.1, 0.15) is 21.7 Å². The second kappa shape index (κ2) is 8.70. The lowest BCUT2D eigenvalue weighted by molar-refractivity contribution is -0.384. The minimum absolute atomic E-state index is 0. The summed E-state index contributed by atoms with van der Waals surface area (Å²) in [5.74, 6) is 0.215. The fourth-order valence-electron chi connectivity index (χ4n) is 3.05. The summed E-state index contributed by atoms with van der Waals surface area (Å²) in [5.41, 5.74) is 4.21. The molecule has 1 aliphatic rings. The van der Waals surface area contributed by atoms with Crippen molar-refractivity contribution in [1.82, 2.24) is 4.90 Å². The Labute approximate surface area is 169 Å². The van der Waals surface area contributed by atoms with Crippen molar-refractivity contribution in [3.05, 3.63) is 57.5 Å². The highest BCUT2D eigenvalue weighted by Gasteiger charge is 2.34. The average Bonchev–Trinajstić information content (AvgIpc) is 3.15. The number of carbonyl (C=O) groups is 1. The molecule has 1 fully saturated rings. The molecule has 0 unspecified atom stereocenters. The molecule has 1 saturated heterocycles. The summed E-state index contributed by atoms with van der Waals surface area (Å²) in [6.45, 7) is 1.19. The zero-order valence-electron chi connectivity index (χ0n) is 15.0. The van der Waals surface area contributed by atoms with E-state index in [9.17, 15) is 28.1 Å². The van der Waals surface area contributed by atoms with Gasteiger partial charge in [-0.25, -0.2) is 0 Å². The molecule has 12 heteroatoms. The van der Waals surface area contributed by atoms with Crippen LogP contribution in [0.15, 0.2) is 34.9 Å². The molecule has 8 nitrogen and oxygen atoms in total. The molecule has 0 bridgehead atoms. The number of amides is 1. The highest BCUT2D eigenvalue weighted by molar-refractivity contribution is 5.94. The molecule has 0 spiro atoms. The van der Waals surface area contributed by atoms with E-state index in [1.807, 2.05) is 0 Å². The first-order valence-electron chi connectivity index (χ1n) is 8.38. The predicted molar refractivity (Wildman–Crippen MR) is 100 cm³/mol. The van der Waals surface area contributed by atoms with E-state index < -0.39 is 22.4 Å². The lowest BCUT2D eigenvalue weighted by Gasteiger charge is -2.35. The molecule has 3 rings (SSSR count). The van der Waals surface area contributed by atoms with Crippen LogP contribution >= 0.6 is 12.4 Å². The average molecular weight is 435 g/mol. The third-order valence-electron chi connectivity index (χ3n) is 4.51. The number of nitrogens with zero attached hydrogens (tertiary/aromatic N) is 3. The zero-order valence-corrected chi connectivity index (χ0v) is 15.8. The van der Waals surface area contributed by atoms with E-state index in [0.29, 0.717) is 17.4 Å². The highest BCUT2D eigenvalue weighted by Crippen LogP contribution is 2.36. The number of furan rings is 1. The van der Waals surface area contributed by atoms with Gasteiger partial charge in [0.15, 0.2) is 0 Å². The number of nitro benzene ring substituents is 1. The van der Waals surface area contributed by atoms with Crippen molar-refractivity contribution in [2.24, 2.45) is 5.73 Å². The quantitative estimate of drug-likeness (QED) is 0.585. The summed E-state index contributed by atoms with van der Waals surface area (Å²) in [6.07, 6.45) is -3.35. The standard InChI is InChI=1S/C17H17F3N4O4.ClH/c18-17(19,20)12-1-2-14(15(8-12)24(26)27)22-3-5-23(6-4-22)16(25)11-7-13(9-21)28-10-11;/h1-2,7-8,10H,3-6,9,21H2;1H. The Morgan fingerprint density at radius 1 is 1.21 bits per heavy atom. The Morgan fingerprint density at radius 2 is 1.86 bits per heavy atom. The second-order valence-corrected chi connectivity index (χ2v) is 6.24. The molecule has 0 atom stereocenters. The van der Waals surface area contributed by atoms with Crippen molar-refractivity contribution in [2.45, 2.75) is 12.7 Å². The van der Waals surface area contributed by atoms with Crippen molar-refractivity contribution in [3.8, 4) is 0 Å². The molecule has 2 heterocycles. The van der Waals surface area contributed by atoms with Crippen molar-refractivity contribution in [3.63, 3.8) is 0 Å². The molecule has 29 heavy (non-hydrogen) atoms. The zero-order chi connectivity index (χ0) is 20.5. The van der Waals surface area contributed by atoms with E-state index in [-0.39, 0.29) is 56.7 Å². The maximum absolute atomic E-state index is 12.8. The number of nitrogens with two attached hydrogens (primary N) is 1. The summed E-state index contributed by atoms with van der Waals surface area (Å²) in [5, 5.41) is 11.3. The summed E-state index contributed by atoms with van der Waals surface area (Å²) in [6, 6.07) is 4.00. The molecule has 0 aliphatic carbocycles. The SMILES string of the molecule is Cl.NCc1cc(C(=O)N2CCN(c3ccc(C(F)(F)F)cc3[N+](=O)[O-])CC2)co1. The number of alkyl halides is 3. The van der Waals surface area contributed by atoms with Gasteiger partial charge in [-0.05, 0) is 18.2 Å². The van der Waals surface area contributed by atoms with Gasteiger partial charge in [-0.3, -0.25) is 14.9 Å². The number of halogens is 4. The number of hydrogen-bond donors (Lipinski definition) is 1. The lowest BCUT2D eigenvalue weighted by atomic mass is 10.1. The molecule has 2 N–H and O–H groups in total. The van der Waals surface area contributed by atoms with Gasteiger partial charge in [0, 0.05) is 32.2 Å². The Morgan fingerprint density at radius 3 is 2.38 bits per heavy atom. The molecule has 158 valence electrons. The molecule has 1 aliphatic heterocycles. The van der Waals surface area contributed by atoms with Gasteiger partial charge in [0.05, 0.1) is 22.6 Å². The van der Waals surface area contributed by atoms with Crippen LogP contribution in [0.3, 0.4) is 0 Å². The third-order valence-corrected chi connectivity index (χ3v) is 4.51. The van der Waals surface area contributed by atoms with Crippen molar-refractivity contribution in [1.29, 1.82) is 0 Å². The lowest BCUT2D eigenvalue weighted by Crippen LogP contribution is -2.48. The van der Waals surface area contributed by atoms with E-state index in [2.05, 4.69) is 0 Å². The van der Waals surface area contributed by atoms with Crippen molar-refractivity contribution in [2.75, 3.05) is 31.1 Å². The monoisotopic (exact) mass is 434 g/mol. The second-order valence-electron chi connectivity index (χ2n) is 6.24. The minimum atomic E-state index is -4.67. The van der Waals surface area contributed by atoms with Gasteiger partial charge in [0.1, 0.15) is 17.7 Å². The van der Waals surface area contributed by atoms with Gasteiger partial charge < -0.3 is 20.0 Å². The summed E-state index contributed by atoms with van der Waals surface area (Å²) in [7, 11) is 0. The van der Waals surface area contributed by atoms with E-state index in [4.69, 9.17) is 10.2 Å². The van der Waals surface area contributed by atoms with Gasteiger partial charge >= 0.3 is 6.18 Å². The number of anilines is 1. The van der Waals surface area contributed by atoms with Gasteiger partial charge in [-0.2, -0.15) is 13.2 Å². The van der Waals surface area contributed by atoms with Crippen LogP contribution in [0, 0.1) is 10.1 Å². The van der Waals surface area contributed by atoms with Crippen LogP contribution in [-0.2, 0) is 12.7 Å². The van der Waals surface area contributed by atoms with Crippen LogP contribution in [0.4, 0.5) is 24.5 Å². The van der Waals surface area contributed by atoms with E-state index in [1.54, 1.807) is 15.9 Å². The van der Waals surface area contributed by atoms with Crippen molar-refractivity contribution < 1.29 is 27.3 Å². The molecule has 0 saturated carbocycles. The number of benzene rings is 1. The summed E-state index contributed by atoms with van der Waals surface area (Å²) in [4.78, 5) is 26.1. The molecular weight excluding hydrogens is 417 g/mol. The van der Waals surface area contributed by atoms with Crippen LogP contribution in [0.5, 0.6) is 0 Å². The topological polar surface area (TPSA) is 106 Å². The van der Waals surface area contributed by atoms with Gasteiger partial charge in [-0.15, -0.1) is 12.4 Å². The number of carbonyl (C=O) groups excluding carboxylic acids is 1. The maximum atomic E-state index is 12.8. The fraction of sp³-hybridized carbons (Fsp3) is 0.353. The van der Waals surface area contributed by atoms with Crippen molar-refractivity contribution >= 4 is 29.7 Å². The number of nitro groups is 1. The molecule has 1 aromatic carbocycles. The van der Waals surface area contributed by atoms with E-state index in [1.165, 1.54) is 6.26 Å².